The van der Waals surface area contributed by atoms with Crippen molar-refractivity contribution in [1.82, 2.24) is 5.32 Å². The molecule has 0 aromatic rings. The molecule has 2 nitrogen and oxygen atoms in total. The van der Waals surface area contributed by atoms with Gasteiger partial charge in [0, 0.05) is 4.48 Å². The van der Waals surface area contributed by atoms with Crippen LogP contribution >= 0.6 is 27.5 Å². The molecule has 0 aliphatic carbocycles. The molecule has 0 saturated heterocycles. The Kier molecular flexibility index (Phi) is 2.63. The Morgan fingerprint density at radius 2 is 2.50 bits per heavy atom. The van der Waals surface area contributed by atoms with Crippen LogP contribution in [0, 0.1) is 6.08 Å². The third-order valence-corrected chi connectivity index (χ3v) is 2.30. The van der Waals surface area contributed by atoms with Crippen LogP contribution in [0.4, 0.5) is 0 Å². The second-order valence-electron chi connectivity index (χ2n) is 1.73. The molecule has 0 bridgehead atoms. The summed E-state index contributed by atoms with van der Waals surface area (Å²) in [7, 11) is 1.57. The fourth-order valence-electron chi connectivity index (χ4n) is 0.570. The minimum absolute atomic E-state index is 0.565. The van der Waals surface area contributed by atoms with E-state index >= 15 is 0 Å². The number of ether oxygens (including phenoxy) is 1. The smallest absolute Gasteiger partial charge is 0.196 e. The van der Waals surface area contributed by atoms with Crippen molar-refractivity contribution in [3.8, 4) is 0 Å². The zero-order valence-electron chi connectivity index (χ0n) is 5.37. The number of nitrogens with one attached hydrogen (secondary N) is 1. The summed E-state index contributed by atoms with van der Waals surface area (Å²) in [4.78, 5) is 0. The van der Waals surface area contributed by atoms with E-state index in [1.54, 1.807) is 7.11 Å². The first-order chi connectivity index (χ1) is 4.74. The standard InChI is InChI=1S/C6H6BrClNO/c1-10-6-2-5(8)4(7)3-9-6/h9H,3H2,1H3. The van der Waals surface area contributed by atoms with E-state index in [0.717, 1.165) is 4.48 Å². The van der Waals surface area contributed by atoms with Crippen LogP contribution in [-0.2, 0) is 4.74 Å². The lowest BCUT2D eigenvalue weighted by Gasteiger charge is -2.13. The maximum absolute atomic E-state index is 5.72. The van der Waals surface area contributed by atoms with Gasteiger partial charge in [-0.15, -0.1) is 0 Å². The third kappa shape index (κ3) is 1.67. The van der Waals surface area contributed by atoms with Gasteiger partial charge in [0.05, 0.1) is 24.8 Å². The fraction of sp³-hybridized carbons (Fsp3) is 0.333. The highest BCUT2D eigenvalue weighted by molar-refractivity contribution is 9.11. The van der Waals surface area contributed by atoms with Crippen LogP contribution in [-0.4, -0.2) is 13.7 Å². The van der Waals surface area contributed by atoms with E-state index in [1.807, 2.05) is 0 Å². The molecular weight excluding hydrogens is 217 g/mol. The molecule has 0 aromatic heterocycles. The summed E-state index contributed by atoms with van der Waals surface area (Å²) in [5.74, 6) is 0.577. The Bertz CT molecular complexity index is 200. The average molecular weight is 223 g/mol. The topological polar surface area (TPSA) is 21.3 Å². The summed E-state index contributed by atoms with van der Waals surface area (Å²) in [6.45, 7) is 0.662. The quantitative estimate of drug-likeness (QED) is 0.731. The van der Waals surface area contributed by atoms with E-state index < -0.39 is 0 Å². The number of hydrogen-bond acceptors (Lipinski definition) is 2. The van der Waals surface area contributed by atoms with Crippen molar-refractivity contribution in [3.63, 3.8) is 0 Å². The van der Waals surface area contributed by atoms with Crippen LogP contribution in [0.3, 0.4) is 0 Å². The van der Waals surface area contributed by atoms with Gasteiger partial charge in [-0.2, -0.15) is 0 Å². The summed E-state index contributed by atoms with van der Waals surface area (Å²) in [6, 6.07) is 0. The number of dihydropyridines is 1. The Labute approximate surface area is 73.0 Å². The van der Waals surface area contributed by atoms with Gasteiger partial charge in [-0.05, 0) is 0 Å². The molecule has 0 fully saturated rings. The van der Waals surface area contributed by atoms with E-state index in [1.165, 1.54) is 0 Å². The average Bonchev–Trinajstić information content (AvgIpc) is 1.95. The highest BCUT2D eigenvalue weighted by Gasteiger charge is 2.08. The van der Waals surface area contributed by atoms with Crippen LogP contribution in [0.1, 0.15) is 0 Å². The first-order valence-corrected chi connectivity index (χ1v) is 3.87. The molecule has 0 spiro atoms. The monoisotopic (exact) mass is 222 g/mol. The van der Waals surface area contributed by atoms with Gasteiger partial charge in [-0.1, -0.05) is 27.5 Å². The molecule has 0 atom stereocenters. The zero-order chi connectivity index (χ0) is 7.56. The molecule has 0 unspecified atom stereocenters. The van der Waals surface area contributed by atoms with Crippen LogP contribution in [0.2, 0.25) is 0 Å². The van der Waals surface area contributed by atoms with Gasteiger partial charge in [0.1, 0.15) is 0 Å². The molecule has 10 heavy (non-hydrogen) atoms. The van der Waals surface area contributed by atoms with Crippen molar-refractivity contribution >= 4 is 27.5 Å². The van der Waals surface area contributed by atoms with E-state index in [9.17, 15) is 0 Å². The number of rotatable bonds is 1. The van der Waals surface area contributed by atoms with Crippen LogP contribution in [0.25, 0.3) is 0 Å². The number of methoxy groups -OCH3 is 1. The van der Waals surface area contributed by atoms with Crippen LogP contribution in [0.5, 0.6) is 0 Å². The molecule has 1 radical (unpaired) electrons. The van der Waals surface area contributed by atoms with Gasteiger partial charge in [0.2, 0.25) is 0 Å². The first-order valence-electron chi connectivity index (χ1n) is 2.70. The van der Waals surface area contributed by atoms with Gasteiger partial charge in [0.25, 0.3) is 0 Å². The van der Waals surface area contributed by atoms with Crippen molar-refractivity contribution in [2.45, 2.75) is 0 Å². The normalized spacial score (nSPS) is 18.1. The van der Waals surface area contributed by atoms with Gasteiger partial charge in [-0.25, -0.2) is 0 Å². The first kappa shape index (κ1) is 7.95. The SMILES string of the molecule is COC1=[C]C(Cl)=C(Br)CN1. The molecule has 0 saturated carbocycles. The van der Waals surface area contributed by atoms with Crippen molar-refractivity contribution < 1.29 is 4.74 Å². The summed E-state index contributed by atoms with van der Waals surface area (Å²) in [5.41, 5.74) is 0. The molecular formula is C6H6BrClNO. The molecule has 1 N–H and O–H groups in total. The van der Waals surface area contributed by atoms with E-state index in [0.29, 0.717) is 17.5 Å². The molecule has 1 aliphatic rings. The lowest BCUT2D eigenvalue weighted by Crippen LogP contribution is -2.20. The van der Waals surface area contributed by atoms with Crippen molar-refractivity contribution in [2.24, 2.45) is 0 Å². The Morgan fingerprint density at radius 3 is 3.00 bits per heavy atom. The molecule has 55 valence electrons. The van der Waals surface area contributed by atoms with Crippen molar-refractivity contribution in [2.75, 3.05) is 13.7 Å². The van der Waals surface area contributed by atoms with Gasteiger partial charge in [0.15, 0.2) is 5.88 Å². The summed E-state index contributed by atoms with van der Waals surface area (Å²) in [6.07, 6.45) is 2.80. The van der Waals surface area contributed by atoms with E-state index in [4.69, 9.17) is 16.3 Å². The van der Waals surface area contributed by atoms with E-state index in [-0.39, 0.29) is 0 Å². The predicted octanol–water partition coefficient (Wildman–Crippen LogP) is 1.73. The highest BCUT2D eigenvalue weighted by atomic mass is 79.9. The lowest BCUT2D eigenvalue weighted by molar-refractivity contribution is 0.261. The second-order valence-corrected chi connectivity index (χ2v) is 3.07. The summed E-state index contributed by atoms with van der Waals surface area (Å²) in [5, 5.41) is 3.51. The van der Waals surface area contributed by atoms with E-state index in [2.05, 4.69) is 27.3 Å². The summed E-state index contributed by atoms with van der Waals surface area (Å²) < 4.78 is 5.76. The summed E-state index contributed by atoms with van der Waals surface area (Å²) >= 11 is 8.99. The zero-order valence-corrected chi connectivity index (χ0v) is 7.71. The molecule has 1 aliphatic heterocycles. The Balaban J connectivity index is 2.76. The van der Waals surface area contributed by atoms with Crippen LogP contribution < -0.4 is 5.32 Å². The minimum Gasteiger partial charge on any atom is -0.482 e. The molecule has 4 heteroatoms. The molecule has 1 heterocycles. The predicted molar refractivity (Wildman–Crippen MR) is 43.6 cm³/mol. The Hall–Kier alpha value is -0.150. The molecule has 1 rings (SSSR count). The van der Waals surface area contributed by atoms with Gasteiger partial charge >= 0.3 is 0 Å². The highest BCUT2D eigenvalue weighted by Crippen LogP contribution is 2.20. The van der Waals surface area contributed by atoms with Crippen molar-refractivity contribution in [3.05, 3.63) is 21.5 Å². The maximum Gasteiger partial charge on any atom is 0.196 e. The third-order valence-electron chi connectivity index (χ3n) is 1.07. The lowest BCUT2D eigenvalue weighted by atomic mass is 10.4. The number of halogens is 2. The minimum atomic E-state index is 0.565. The van der Waals surface area contributed by atoms with Crippen molar-refractivity contribution in [1.29, 1.82) is 0 Å². The molecule has 0 aromatic carbocycles. The Morgan fingerprint density at radius 1 is 1.80 bits per heavy atom. The van der Waals surface area contributed by atoms with Crippen LogP contribution in [0.15, 0.2) is 15.4 Å². The molecule has 0 amide bonds. The largest absolute Gasteiger partial charge is 0.482 e. The number of allylic oxidation sites excluding steroid dienone is 2. The van der Waals surface area contributed by atoms with Gasteiger partial charge in [-0.3, -0.25) is 0 Å². The maximum atomic E-state index is 5.72. The number of hydrogen-bond donors (Lipinski definition) is 1. The van der Waals surface area contributed by atoms with Gasteiger partial charge < -0.3 is 10.1 Å². The fourth-order valence-corrected chi connectivity index (χ4v) is 0.962. The second kappa shape index (κ2) is 3.30.